The molecule has 7 heteroatoms. The zero-order valence-corrected chi connectivity index (χ0v) is 29.3. The lowest BCUT2D eigenvalue weighted by atomic mass is 10.0. The van der Waals surface area contributed by atoms with Crippen LogP contribution in [-0.2, 0) is 14.4 Å². The van der Waals surface area contributed by atoms with Crippen molar-refractivity contribution in [1.82, 2.24) is 0 Å². The molecule has 0 amide bonds. The number of carboxylic acid groups (broad SMARTS) is 3. The Morgan fingerprint density at radius 1 is 0.467 bits per heavy atom. The fourth-order valence-corrected chi connectivity index (χ4v) is 6.41. The average Bonchev–Trinajstić information content (AvgIpc) is 3.00. The van der Waals surface area contributed by atoms with Gasteiger partial charge < -0.3 is 24.6 Å². The van der Waals surface area contributed by atoms with Gasteiger partial charge in [-0.2, -0.15) is 0 Å². The third kappa shape index (κ3) is 31.9. The molecule has 0 saturated carbocycles. The first-order chi connectivity index (χ1) is 21.8. The molecule has 0 aliphatic heterocycles. The largest absolute Gasteiger partial charge is 0.550 e. The normalized spacial score (nSPS) is 11.8. The summed E-state index contributed by atoms with van der Waals surface area (Å²) in [6.07, 6.45) is 34.5. The molecule has 264 valence electrons. The van der Waals surface area contributed by atoms with E-state index >= 15 is 0 Å². The summed E-state index contributed by atoms with van der Waals surface area (Å²) in [5, 5.41) is 29.0. The molecule has 0 radical (unpaired) electrons. The number of quaternary nitrogens is 1. The Kier molecular flexibility index (Phi) is 30.7. The van der Waals surface area contributed by atoms with Crippen LogP contribution in [0.25, 0.3) is 0 Å². The number of unbranched alkanes of at least 4 members (excludes halogenated alkanes) is 20. The van der Waals surface area contributed by atoms with Crippen LogP contribution in [0.1, 0.15) is 187 Å². The minimum atomic E-state index is -1.02. The summed E-state index contributed by atoms with van der Waals surface area (Å²) >= 11 is 0. The van der Waals surface area contributed by atoms with Crippen LogP contribution < -0.4 is 5.11 Å². The molecule has 45 heavy (non-hydrogen) atoms. The summed E-state index contributed by atoms with van der Waals surface area (Å²) in [5.41, 5.74) is 0. The van der Waals surface area contributed by atoms with E-state index in [0.717, 1.165) is 75.6 Å². The molecule has 0 atom stereocenters. The summed E-state index contributed by atoms with van der Waals surface area (Å²) in [4.78, 5) is 32.9. The number of carbonyl (C=O) groups excluding carboxylic acids is 1. The summed E-state index contributed by atoms with van der Waals surface area (Å²) in [5.74, 6) is -2.58. The number of nitrogens with zero attached hydrogens (tertiary/aromatic N) is 1. The lowest BCUT2D eigenvalue weighted by Gasteiger charge is -2.39. The minimum Gasteiger partial charge on any atom is -0.550 e. The molecule has 0 aliphatic rings. The van der Waals surface area contributed by atoms with E-state index in [0.29, 0.717) is 19.3 Å². The average molecular weight is 638 g/mol. The van der Waals surface area contributed by atoms with Crippen LogP contribution in [0.15, 0.2) is 12.2 Å². The van der Waals surface area contributed by atoms with Crippen molar-refractivity contribution < 1.29 is 34.2 Å². The van der Waals surface area contributed by atoms with Gasteiger partial charge in [0, 0.05) is 18.8 Å². The summed E-state index contributed by atoms with van der Waals surface area (Å²) in [6, 6.07) is 0. The van der Waals surface area contributed by atoms with E-state index in [4.69, 9.17) is 10.2 Å². The Balaban J connectivity index is 4.25. The van der Waals surface area contributed by atoms with Crippen LogP contribution >= 0.6 is 0 Å². The fraction of sp³-hybridized carbons (Fsp3) is 0.868. The second-order valence-electron chi connectivity index (χ2n) is 13.5. The molecule has 0 aromatic carbocycles. The highest BCUT2D eigenvalue weighted by molar-refractivity contribution is 5.66. The van der Waals surface area contributed by atoms with Crippen molar-refractivity contribution in [3.05, 3.63) is 12.2 Å². The van der Waals surface area contributed by atoms with Crippen molar-refractivity contribution in [2.45, 2.75) is 187 Å². The Labute approximate surface area is 276 Å². The lowest BCUT2D eigenvalue weighted by Crippen LogP contribution is -2.51. The zero-order valence-electron chi connectivity index (χ0n) is 29.3. The molecule has 0 aliphatic carbocycles. The van der Waals surface area contributed by atoms with Gasteiger partial charge in [-0.15, -0.1) is 0 Å². The standard InChI is InChI=1S/C38H71NO6/c1-2-3-4-5-6-7-8-9-10-11-12-13-14-15-16-17-18-19-20-21-25-32-39(33-26-22-29-36(40)41,34-27-23-30-37(42)43)35-28-24-31-38(44)45/h18-19H,2-17,20-35H2,1H3,(H2-,40,41,42,43,44,45)/b19-18+. The van der Waals surface area contributed by atoms with E-state index in [1.165, 1.54) is 96.3 Å². The Bertz CT molecular complexity index is 683. The molecule has 0 bridgehead atoms. The predicted molar refractivity (Wildman–Crippen MR) is 184 cm³/mol. The zero-order chi connectivity index (χ0) is 33.3. The molecule has 0 unspecified atom stereocenters. The topological polar surface area (TPSA) is 115 Å². The molecule has 0 rings (SSSR count). The maximum atomic E-state index is 11.0. The summed E-state index contributed by atoms with van der Waals surface area (Å²) in [7, 11) is 0. The molecule has 0 fully saturated rings. The molecule has 0 aromatic heterocycles. The van der Waals surface area contributed by atoms with E-state index in [9.17, 15) is 19.5 Å². The van der Waals surface area contributed by atoms with Gasteiger partial charge in [0.25, 0.3) is 0 Å². The van der Waals surface area contributed by atoms with Gasteiger partial charge in [0.15, 0.2) is 0 Å². The Morgan fingerprint density at radius 3 is 1.13 bits per heavy atom. The molecule has 0 spiro atoms. The van der Waals surface area contributed by atoms with Crippen molar-refractivity contribution in [3.8, 4) is 0 Å². The molecule has 2 N–H and O–H groups in total. The van der Waals surface area contributed by atoms with E-state index in [-0.39, 0.29) is 19.3 Å². The highest BCUT2D eigenvalue weighted by atomic mass is 16.4. The lowest BCUT2D eigenvalue weighted by molar-refractivity contribution is -0.929. The van der Waals surface area contributed by atoms with Crippen molar-refractivity contribution in [2.24, 2.45) is 0 Å². The van der Waals surface area contributed by atoms with Crippen molar-refractivity contribution in [2.75, 3.05) is 26.2 Å². The minimum absolute atomic E-state index is 0.0577. The highest BCUT2D eigenvalue weighted by Gasteiger charge is 2.26. The van der Waals surface area contributed by atoms with Crippen LogP contribution in [0.3, 0.4) is 0 Å². The number of allylic oxidation sites excluding steroid dienone is 2. The quantitative estimate of drug-likeness (QED) is 0.0402. The monoisotopic (exact) mass is 638 g/mol. The molecular weight excluding hydrogens is 566 g/mol. The molecule has 0 saturated heterocycles. The number of hydrogen-bond acceptors (Lipinski definition) is 4. The third-order valence-electron chi connectivity index (χ3n) is 9.20. The van der Waals surface area contributed by atoms with Gasteiger partial charge >= 0.3 is 11.9 Å². The number of aliphatic carboxylic acids is 3. The Hall–Kier alpha value is -1.89. The molecule has 0 aromatic rings. The molecule has 0 heterocycles. The maximum Gasteiger partial charge on any atom is 0.303 e. The van der Waals surface area contributed by atoms with Crippen LogP contribution in [0.4, 0.5) is 0 Å². The highest BCUT2D eigenvalue weighted by Crippen LogP contribution is 2.19. The first kappa shape index (κ1) is 43.1. The first-order valence-electron chi connectivity index (χ1n) is 18.9. The van der Waals surface area contributed by atoms with Crippen LogP contribution in [0.5, 0.6) is 0 Å². The van der Waals surface area contributed by atoms with Gasteiger partial charge in [-0.05, 0) is 77.0 Å². The van der Waals surface area contributed by atoms with Gasteiger partial charge in [0.2, 0.25) is 0 Å². The smallest absolute Gasteiger partial charge is 0.303 e. The van der Waals surface area contributed by atoms with Gasteiger partial charge in [0.05, 0.1) is 26.2 Å². The van der Waals surface area contributed by atoms with E-state index in [1.807, 2.05) is 0 Å². The molecular formula is C38H71NO6. The van der Waals surface area contributed by atoms with Crippen molar-refractivity contribution in [1.29, 1.82) is 0 Å². The first-order valence-corrected chi connectivity index (χ1v) is 18.9. The fourth-order valence-electron chi connectivity index (χ4n) is 6.41. The van der Waals surface area contributed by atoms with Crippen LogP contribution in [0, 0.1) is 0 Å². The maximum absolute atomic E-state index is 11.0. The van der Waals surface area contributed by atoms with Crippen molar-refractivity contribution >= 4 is 17.9 Å². The van der Waals surface area contributed by atoms with Crippen molar-refractivity contribution in [3.63, 3.8) is 0 Å². The second kappa shape index (κ2) is 32.1. The van der Waals surface area contributed by atoms with E-state index in [2.05, 4.69) is 19.1 Å². The third-order valence-corrected chi connectivity index (χ3v) is 9.20. The number of rotatable bonds is 36. The number of carbonyl (C=O) groups is 3. The van der Waals surface area contributed by atoms with Gasteiger partial charge in [-0.3, -0.25) is 9.59 Å². The second-order valence-corrected chi connectivity index (χ2v) is 13.5. The number of carboxylic acids is 3. The van der Waals surface area contributed by atoms with Gasteiger partial charge in [0.1, 0.15) is 0 Å². The van der Waals surface area contributed by atoms with E-state index in [1.54, 1.807) is 0 Å². The predicted octanol–water partition coefficient (Wildman–Crippen LogP) is 9.22. The summed E-state index contributed by atoms with van der Waals surface area (Å²) < 4.78 is 0.828. The van der Waals surface area contributed by atoms with Gasteiger partial charge in [-0.1, -0.05) is 109 Å². The summed E-state index contributed by atoms with van der Waals surface area (Å²) in [6.45, 7) is 5.82. The Morgan fingerprint density at radius 2 is 0.778 bits per heavy atom. The number of hydrogen-bond donors (Lipinski definition) is 2. The van der Waals surface area contributed by atoms with Crippen LogP contribution in [-0.4, -0.2) is 58.8 Å². The van der Waals surface area contributed by atoms with Crippen LogP contribution in [0.2, 0.25) is 0 Å². The van der Waals surface area contributed by atoms with Gasteiger partial charge in [-0.25, -0.2) is 0 Å². The molecule has 7 nitrogen and oxygen atoms in total. The SMILES string of the molecule is CCCCCCCCCCCCCCCCC/C=C/CCCC[N+](CCCCC(=O)[O-])(CCCCC(=O)O)CCCCC(=O)O. The van der Waals surface area contributed by atoms with E-state index < -0.39 is 17.9 Å².